The maximum Gasteiger partial charge on any atom is 0.158 e. The number of hydrogen-bond acceptors (Lipinski definition) is 3. The van der Waals surface area contributed by atoms with E-state index in [0.29, 0.717) is 23.2 Å². The van der Waals surface area contributed by atoms with Crippen LogP contribution in [0.4, 0.5) is 0 Å². The van der Waals surface area contributed by atoms with Gasteiger partial charge in [-0.25, -0.2) is 4.98 Å². The number of halogens is 1. The third kappa shape index (κ3) is 7.54. The average molecular weight is 553 g/mol. The first-order chi connectivity index (χ1) is 16.7. The largest absolute Gasteiger partial charge is 0.353 e. The fourth-order valence-electron chi connectivity index (χ4n) is 5.16. The normalized spacial score (nSPS) is 16.1. The highest BCUT2D eigenvalue weighted by molar-refractivity contribution is 9.10. The van der Waals surface area contributed by atoms with E-state index in [1.165, 1.54) is 0 Å². The second kappa shape index (κ2) is 12.9. The van der Waals surface area contributed by atoms with Crippen molar-refractivity contribution in [2.24, 2.45) is 0 Å². The summed E-state index contributed by atoms with van der Waals surface area (Å²) in [4.78, 5) is 4.28. The minimum atomic E-state index is -1.83. The summed E-state index contributed by atoms with van der Waals surface area (Å²) in [6, 6.07) is 10.2. The van der Waals surface area contributed by atoms with E-state index in [2.05, 4.69) is 104 Å². The van der Waals surface area contributed by atoms with Crippen LogP contribution in [0.5, 0.6) is 0 Å². The predicted molar refractivity (Wildman–Crippen MR) is 151 cm³/mol. The Morgan fingerprint density at radius 3 is 2.17 bits per heavy atom. The van der Waals surface area contributed by atoms with Crippen LogP contribution in [0, 0.1) is 23.3 Å². The molecule has 0 aliphatic carbocycles. The lowest BCUT2D eigenvalue weighted by Crippen LogP contribution is -2.43. The Morgan fingerprint density at radius 2 is 1.60 bits per heavy atom. The quantitative estimate of drug-likeness (QED) is 0.208. The van der Waals surface area contributed by atoms with Gasteiger partial charge in [0.1, 0.15) is 12.7 Å². The van der Waals surface area contributed by atoms with Crippen molar-refractivity contribution in [3.63, 3.8) is 0 Å². The Labute approximate surface area is 221 Å². The molecule has 0 amide bonds. The molecule has 1 unspecified atom stereocenters. The van der Waals surface area contributed by atoms with Gasteiger partial charge < -0.3 is 9.47 Å². The molecule has 2 aromatic rings. The van der Waals surface area contributed by atoms with Gasteiger partial charge in [0.2, 0.25) is 0 Å². The molecule has 1 aliphatic rings. The van der Waals surface area contributed by atoms with E-state index in [1.54, 1.807) is 6.20 Å². The van der Waals surface area contributed by atoms with Crippen molar-refractivity contribution >= 4 is 24.0 Å². The van der Waals surface area contributed by atoms with Crippen molar-refractivity contribution in [1.29, 1.82) is 0 Å². The molecule has 1 aromatic heterocycles. The van der Waals surface area contributed by atoms with Gasteiger partial charge in [-0.2, -0.15) is 0 Å². The van der Waals surface area contributed by atoms with Crippen molar-refractivity contribution in [3.05, 3.63) is 63.4 Å². The van der Waals surface area contributed by atoms with Crippen molar-refractivity contribution in [1.82, 2.24) is 4.98 Å². The molecule has 0 N–H and O–H groups in total. The average Bonchev–Trinajstić information content (AvgIpc) is 2.83. The number of benzene rings is 1. The lowest BCUT2D eigenvalue weighted by atomic mass is 10.1. The topological polar surface area (TPSA) is 31.4 Å². The van der Waals surface area contributed by atoms with Gasteiger partial charge >= 0.3 is 0 Å². The zero-order valence-electron chi connectivity index (χ0n) is 22.0. The molecule has 1 atom stereocenters. The molecule has 35 heavy (non-hydrogen) atoms. The second-order valence-corrected chi connectivity index (χ2v) is 16.7. The van der Waals surface area contributed by atoms with Crippen LogP contribution in [0.1, 0.15) is 83.1 Å². The second-order valence-electron chi connectivity index (χ2n) is 10.3. The van der Waals surface area contributed by atoms with Crippen molar-refractivity contribution in [2.45, 2.75) is 90.3 Å². The lowest BCUT2D eigenvalue weighted by Gasteiger charge is -2.38. The van der Waals surface area contributed by atoms with Gasteiger partial charge in [0.05, 0.1) is 6.61 Å². The summed E-state index contributed by atoms with van der Waals surface area (Å²) in [6.45, 7) is 15.3. The number of aromatic nitrogens is 1. The summed E-state index contributed by atoms with van der Waals surface area (Å²) in [5.74, 6) is 10.1. The van der Waals surface area contributed by atoms with E-state index in [-0.39, 0.29) is 6.29 Å². The van der Waals surface area contributed by atoms with E-state index in [1.807, 2.05) is 12.1 Å². The van der Waals surface area contributed by atoms with Crippen LogP contribution in [0.25, 0.3) is 0 Å². The molecule has 1 aliphatic heterocycles. The van der Waals surface area contributed by atoms with E-state index in [0.717, 1.165) is 52.7 Å². The van der Waals surface area contributed by atoms with Gasteiger partial charge in [0.25, 0.3) is 0 Å². The molecule has 0 saturated carbocycles. The number of nitrogens with zero attached hydrogens (tertiary/aromatic N) is 1. The van der Waals surface area contributed by atoms with E-state index in [9.17, 15) is 0 Å². The molecule has 0 bridgehead atoms. The number of rotatable bonds is 6. The maximum absolute atomic E-state index is 6.09. The zero-order valence-corrected chi connectivity index (χ0v) is 24.5. The Morgan fingerprint density at radius 1 is 0.943 bits per heavy atom. The zero-order chi connectivity index (χ0) is 25.4. The van der Waals surface area contributed by atoms with E-state index < -0.39 is 8.07 Å². The molecule has 0 spiro atoms. The first-order valence-corrected chi connectivity index (χ1v) is 15.8. The van der Waals surface area contributed by atoms with E-state index >= 15 is 0 Å². The monoisotopic (exact) mass is 551 g/mol. The van der Waals surface area contributed by atoms with Crippen LogP contribution >= 0.6 is 15.9 Å². The summed E-state index contributed by atoms with van der Waals surface area (Å²) in [5, 5.41) is 0. The maximum atomic E-state index is 6.09. The Hall–Kier alpha value is -1.89. The SMILES string of the molecule is CC(C)[Si](C#Cc1cc(C#Cc2ccc(Br)nc2)cc(COC2CCCCO2)c1)(C(C)C)C(C)C. The van der Waals surface area contributed by atoms with Gasteiger partial charge in [0, 0.05) is 29.5 Å². The summed E-state index contributed by atoms with van der Waals surface area (Å²) in [5.41, 5.74) is 9.53. The number of pyridine rings is 1. The van der Waals surface area contributed by atoms with Crippen molar-refractivity contribution in [3.8, 4) is 23.3 Å². The Kier molecular flexibility index (Phi) is 10.2. The summed E-state index contributed by atoms with van der Waals surface area (Å²) < 4.78 is 12.7. The van der Waals surface area contributed by atoms with Gasteiger partial charge in [-0.05, 0) is 87.7 Å². The van der Waals surface area contributed by atoms with Gasteiger partial charge in [-0.3, -0.25) is 0 Å². The van der Waals surface area contributed by atoms with Crippen LogP contribution in [0.3, 0.4) is 0 Å². The fraction of sp³-hybridized carbons (Fsp3) is 0.500. The molecule has 0 radical (unpaired) electrons. The first-order valence-electron chi connectivity index (χ1n) is 12.7. The fourth-order valence-corrected chi connectivity index (χ4v) is 10.6. The molecule has 1 aromatic carbocycles. The van der Waals surface area contributed by atoms with Crippen LogP contribution in [-0.4, -0.2) is 26.0 Å². The Bertz CT molecular complexity index is 1080. The molecule has 5 heteroatoms. The van der Waals surface area contributed by atoms with Crippen LogP contribution in [0.2, 0.25) is 16.6 Å². The summed E-state index contributed by atoms with van der Waals surface area (Å²) in [6.07, 6.45) is 4.88. The van der Waals surface area contributed by atoms with Crippen LogP contribution in [0.15, 0.2) is 41.1 Å². The molecule has 186 valence electrons. The molecular weight excluding hydrogens is 514 g/mol. The highest BCUT2D eigenvalue weighted by atomic mass is 79.9. The first kappa shape index (κ1) is 27.7. The predicted octanol–water partition coefficient (Wildman–Crippen LogP) is 7.86. The van der Waals surface area contributed by atoms with Crippen molar-refractivity contribution < 1.29 is 9.47 Å². The van der Waals surface area contributed by atoms with E-state index in [4.69, 9.17) is 9.47 Å². The highest BCUT2D eigenvalue weighted by Crippen LogP contribution is 2.40. The minimum absolute atomic E-state index is 0.121. The highest BCUT2D eigenvalue weighted by Gasteiger charge is 2.41. The molecule has 3 nitrogen and oxygen atoms in total. The Balaban J connectivity index is 1.96. The third-order valence-electron chi connectivity index (χ3n) is 6.93. The third-order valence-corrected chi connectivity index (χ3v) is 13.7. The number of hydrogen-bond donors (Lipinski definition) is 0. The van der Waals surface area contributed by atoms with Crippen molar-refractivity contribution in [2.75, 3.05) is 6.61 Å². The molecule has 3 rings (SSSR count). The number of ether oxygens (including phenoxy) is 2. The molecule has 1 saturated heterocycles. The van der Waals surface area contributed by atoms with Gasteiger partial charge in [-0.15, -0.1) is 5.54 Å². The van der Waals surface area contributed by atoms with Gasteiger partial charge in [-0.1, -0.05) is 59.3 Å². The lowest BCUT2D eigenvalue weighted by molar-refractivity contribution is -0.168. The standard InChI is InChI=1S/C30H38BrNO2Si/c1-22(2)35(23(3)4,24(5)6)16-14-27-17-26(11-10-25-12-13-29(31)32-20-25)18-28(19-27)21-34-30-9-7-8-15-33-30/h12-13,17-20,22-24,30H,7-9,15,21H2,1-6H3. The molecule has 1 fully saturated rings. The minimum Gasteiger partial charge on any atom is -0.353 e. The summed E-state index contributed by atoms with van der Waals surface area (Å²) >= 11 is 3.38. The van der Waals surface area contributed by atoms with Crippen LogP contribution in [-0.2, 0) is 16.1 Å². The summed E-state index contributed by atoms with van der Waals surface area (Å²) in [7, 11) is -1.83. The molecular formula is C30H38BrNO2Si. The molecule has 2 heterocycles. The van der Waals surface area contributed by atoms with Gasteiger partial charge in [0.15, 0.2) is 6.29 Å². The smallest absolute Gasteiger partial charge is 0.158 e. The van der Waals surface area contributed by atoms with Crippen LogP contribution < -0.4 is 0 Å².